The summed E-state index contributed by atoms with van der Waals surface area (Å²) in [6.07, 6.45) is -0.965. The number of hydrogen-bond acceptors (Lipinski definition) is 4. The molecule has 26 heavy (non-hydrogen) atoms. The maximum atomic E-state index is 12.2. The van der Waals surface area contributed by atoms with Crippen molar-refractivity contribution in [2.24, 2.45) is 0 Å². The highest BCUT2D eigenvalue weighted by Gasteiger charge is 2.19. The summed E-state index contributed by atoms with van der Waals surface area (Å²) in [5.74, 6) is -0.737. The normalized spacial score (nSPS) is 11.7. The highest BCUT2D eigenvalue weighted by molar-refractivity contribution is 5.99. The topological polar surface area (TPSA) is 72.5 Å². The second-order valence-corrected chi connectivity index (χ2v) is 6.45. The molecule has 0 aliphatic rings. The van der Waals surface area contributed by atoms with E-state index in [1.165, 1.54) is 13.8 Å². The van der Waals surface area contributed by atoms with Crippen molar-refractivity contribution in [1.82, 2.24) is 0 Å². The summed E-state index contributed by atoms with van der Waals surface area (Å²) >= 11 is 0. The van der Waals surface area contributed by atoms with E-state index in [4.69, 9.17) is 4.74 Å². The molecule has 2 aromatic carbocycles. The Labute approximate surface area is 153 Å². The second kappa shape index (κ2) is 8.43. The third kappa shape index (κ3) is 5.02. The standard InChI is InChI=1S/C21H23NO4/c1-13(2)16-8-10-17(11-9-16)21(25)26-15(4)20(24)22-19-7-5-6-18(12-19)14(3)23/h5-13,15H,1-4H3,(H,22,24)/t15-/m1/s1. The van der Waals surface area contributed by atoms with E-state index < -0.39 is 18.0 Å². The smallest absolute Gasteiger partial charge is 0.338 e. The van der Waals surface area contributed by atoms with Gasteiger partial charge in [-0.1, -0.05) is 38.1 Å². The molecule has 5 nitrogen and oxygen atoms in total. The van der Waals surface area contributed by atoms with Gasteiger partial charge in [0.05, 0.1) is 5.56 Å². The summed E-state index contributed by atoms with van der Waals surface area (Å²) < 4.78 is 5.23. The number of rotatable bonds is 6. The average molecular weight is 353 g/mol. The summed E-state index contributed by atoms with van der Waals surface area (Å²) in [6.45, 7) is 7.10. The van der Waals surface area contributed by atoms with Crippen LogP contribution >= 0.6 is 0 Å². The zero-order chi connectivity index (χ0) is 19.3. The van der Waals surface area contributed by atoms with Crippen LogP contribution < -0.4 is 5.32 Å². The highest BCUT2D eigenvalue weighted by atomic mass is 16.5. The van der Waals surface area contributed by atoms with E-state index in [0.717, 1.165) is 5.56 Å². The Hall–Kier alpha value is -2.95. The van der Waals surface area contributed by atoms with Crippen LogP contribution in [-0.4, -0.2) is 23.8 Å². The number of hydrogen-bond donors (Lipinski definition) is 1. The average Bonchev–Trinajstić information content (AvgIpc) is 2.61. The number of ether oxygens (including phenoxy) is 1. The number of carbonyl (C=O) groups excluding carboxylic acids is 3. The molecule has 0 bridgehead atoms. The van der Waals surface area contributed by atoms with Gasteiger partial charge in [-0.05, 0) is 49.6 Å². The molecule has 0 spiro atoms. The Morgan fingerprint density at radius 3 is 2.15 bits per heavy atom. The van der Waals surface area contributed by atoms with Gasteiger partial charge >= 0.3 is 5.97 Å². The van der Waals surface area contributed by atoms with E-state index >= 15 is 0 Å². The van der Waals surface area contributed by atoms with Gasteiger partial charge in [-0.25, -0.2) is 4.79 Å². The molecule has 0 fully saturated rings. The molecular weight excluding hydrogens is 330 g/mol. The Morgan fingerprint density at radius 1 is 0.923 bits per heavy atom. The van der Waals surface area contributed by atoms with Gasteiger partial charge in [0.2, 0.25) is 0 Å². The number of ketones is 1. The lowest BCUT2D eigenvalue weighted by atomic mass is 10.0. The first kappa shape index (κ1) is 19.4. The largest absolute Gasteiger partial charge is 0.449 e. The summed E-state index contributed by atoms with van der Waals surface area (Å²) in [6, 6.07) is 13.7. The molecule has 0 unspecified atom stereocenters. The maximum absolute atomic E-state index is 12.2. The van der Waals surface area contributed by atoms with Crippen LogP contribution in [0.15, 0.2) is 48.5 Å². The van der Waals surface area contributed by atoms with Crippen molar-refractivity contribution in [3.05, 3.63) is 65.2 Å². The van der Waals surface area contributed by atoms with Crippen LogP contribution in [-0.2, 0) is 9.53 Å². The van der Waals surface area contributed by atoms with Crippen LogP contribution in [0.2, 0.25) is 0 Å². The van der Waals surface area contributed by atoms with Gasteiger partial charge in [-0.3, -0.25) is 9.59 Å². The van der Waals surface area contributed by atoms with E-state index in [1.54, 1.807) is 36.4 Å². The molecule has 0 saturated carbocycles. The molecule has 0 aromatic heterocycles. The first-order chi connectivity index (χ1) is 12.3. The summed E-state index contributed by atoms with van der Waals surface area (Å²) in [5, 5.41) is 2.65. The Bertz CT molecular complexity index is 809. The monoisotopic (exact) mass is 353 g/mol. The number of anilines is 1. The number of carbonyl (C=O) groups is 3. The molecule has 1 N–H and O–H groups in total. The van der Waals surface area contributed by atoms with Crippen molar-refractivity contribution in [3.63, 3.8) is 0 Å². The maximum Gasteiger partial charge on any atom is 0.338 e. The van der Waals surface area contributed by atoms with Gasteiger partial charge in [0.1, 0.15) is 0 Å². The third-order valence-corrected chi connectivity index (χ3v) is 4.00. The fraction of sp³-hybridized carbons (Fsp3) is 0.286. The minimum atomic E-state index is -0.965. The molecule has 2 rings (SSSR count). The number of Topliss-reactive ketones (excluding diaryl/α,β-unsaturated/α-hetero) is 1. The predicted octanol–water partition coefficient (Wildman–Crippen LogP) is 4.20. The van der Waals surface area contributed by atoms with Crippen molar-refractivity contribution in [1.29, 1.82) is 0 Å². The lowest BCUT2D eigenvalue weighted by molar-refractivity contribution is -0.123. The third-order valence-electron chi connectivity index (χ3n) is 4.00. The van der Waals surface area contributed by atoms with E-state index in [-0.39, 0.29) is 5.78 Å². The van der Waals surface area contributed by atoms with E-state index in [1.807, 2.05) is 12.1 Å². The number of nitrogens with one attached hydrogen (secondary N) is 1. The zero-order valence-corrected chi connectivity index (χ0v) is 15.4. The molecule has 1 atom stereocenters. The van der Waals surface area contributed by atoms with Crippen LogP contribution in [0, 0.1) is 0 Å². The van der Waals surface area contributed by atoms with Gasteiger partial charge in [0, 0.05) is 11.3 Å². The van der Waals surface area contributed by atoms with Crippen molar-refractivity contribution in [3.8, 4) is 0 Å². The van der Waals surface area contributed by atoms with Crippen molar-refractivity contribution < 1.29 is 19.1 Å². The lowest BCUT2D eigenvalue weighted by Crippen LogP contribution is -2.30. The van der Waals surface area contributed by atoms with Crippen LogP contribution in [0.5, 0.6) is 0 Å². The Morgan fingerprint density at radius 2 is 1.58 bits per heavy atom. The minimum absolute atomic E-state index is 0.0922. The van der Waals surface area contributed by atoms with Crippen molar-refractivity contribution in [2.75, 3.05) is 5.32 Å². The molecule has 136 valence electrons. The number of amides is 1. The highest BCUT2D eigenvalue weighted by Crippen LogP contribution is 2.16. The fourth-order valence-corrected chi connectivity index (χ4v) is 2.35. The molecule has 0 aliphatic heterocycles. The molecule has 0 radical (unpaired) electrons. The van der Waals surface area contributed by atoms with E-state index in [0.29, 0.717) is 22.7 Å². The van der Waals surface area contributed by atoms with Gasteiger partial charge < -0.3 is 10.1 Å². The first-order valence-corrected chi connectivity index (χ1v) is 8.50. The van der Waals surface area contributed by atoms with E-state index in [2.05, 4.69) is 19.2 Å². The molecule has 0 saturated heterocycles. The molecule has 0 heterocycles. The lowest BCUT2D eigenvalue weighted by Gasteiger charge is -2.14. The van der Waals surface area contributed by atoms with Gasteiger partial charge in [0.15, 0.2) is 11.9 Å². The molecule has 1 amide bonds. The first-order valence-electron chi connectivity index (χ1n) is 8.50. The summed E-state index contributed by atoms with van der Waals surface area (Å²) in [7, 11) is 0. The summed E-state index contributed by atoms with van der Waals surface area (Å²) in [4.78, 5) is 35.8. The van der Waals surface area contributed by atoms with Crippen LogP contribution in [0.1, 0.15) is 59.9 Å². The van der Waals surface area contributed by atoms with Crippen LogP contribution in [0.4, 0.5) is 5.69 Å². The van der Waals surface area contributed by atoms with Crippen LogP contribution in [0.25, 0.3) is 0 Å². The Kier molecular flexibility index (Phi) is 6.28. The fourth-order valence-electron chi connectivity index (χ4n) is 2.35. The Balaban J connectivity index is 1.98. The number of benzene rings is 2. The van der Waals surface area contributed by atoms with Gasteiger partial charge in [-0.15, -0.1) is 0 Å². The quantitative estimate of drug-likeness (QED) is 0.624. The summed E-state index contributed by atoms with van der Waals surface area (Å²) in [5.41, 5.74) is 2.50. The minimum Gasteiger partial charge on any atom is -0.449 e. The van der Waals surface area contributed by atoms with Crippen LogP contribution in [0.3, 0.4) is 0 Å². The predicted molar refractivity (Wildman–Crippen MR) is 100 cm³/mol. The van der Waals surface area contributed by atoms with Crippen molar-refractivity contribution in [2.45, 2.75) is 39.7 Å². The zero-order valence-electron chi connectivity index (χ0n) is 15.4. The molecule has 0 aliphatic carbocycles. The SMILES string of the molecule is CC(=O)c1cccc(NC(=O)[C@@H](C)OC(=O)c2ccc(C(C)C)cc2)c1. The molecular formula is C21H23NO4. The molecule has 5 heteroatoms. The molecule has 2 aromatic rings. The van der Waals surface area contributed by atoms with Gasteiger partial charge in [0.25, 0.3) is 5.91 Å². The van der Waals surface area contributed by atoms with E-state index in [9.17, 15) is 14.4 Å². The number of esters is 1. The van der Waals surface area contributed by atoms with Crippen molar-refractivity contribution >= 4 is 23.3 Å². The second-order valence-electron chi connectivity index (χ2n) is 6.45. The van der Waals surface area contributed by atoms with Gasteiger partial charge in [-0.2, -0.15) is 0 Å².